The fraction of sp³-hybridized carbons (Fsp3) is 0.136. The molecule has 0 aliphatic carbocycles. The summed E-state index contributed by atoms with van der Waals surface area (Å²) in [6, 6.07) is 20.4. The van der Waals surface area contributed by atoms with E-state index in [-0.39, 0.29) is 17.4 Å². The van der Waals surface area contributed by atoms with Gasteiger partial charge >= 0.3 is 0 Å². The van der Waals surface area contributed by atoms with Crippen LogP contribution in [0.2, 0.25) is 0 Å². The summed E-state index contributed by atoms with van der Waals surface area (Å²) in [7, 11) is -2.20. The summed E-state index contributed by atoms with van der Waals surface area (Å²) in [5.74, 6) is 0.223. The summed E-state index contributed by atoms with van der Waals surface area (Å²) in [6.07, 6.45) is 0. The van der Waals surface area contributed by atoms with E-state index in [1.807, 2.05) is 25.1 Å². The standard InChI is InChI=1S/C22H21BrN2O4S/c1-16-8-13-21(20(23)14-16)29-15-22(26)24-17-9-11-19(12-10-17)30(27,28)25(2)18-6-4-3-5-7-18/h3-14H,15H2,1-2H3,(H,24,26). The number of nitrogens with one attached hydrogen (secondary N) is 1. The molecule has 0 heterocycles. The van der Waals surface area contributed by atoms with E-state index in [0.717, 1.165) is 10.0 Å². The number of nitrogens with zero attached hydrogens (tertiary/aromatic N) is 1. The highest BCUT2D eigenvalue weighted by Gasteiger charge is 2.21. The van der Waals surface area contributed by atoms with Gasteiger partial charge in [0.2, 0.25) is 0 Å². The molecule has 156 valence electrons. The van der Waals surface area contributed by atoms with Crippen LogP contribution in [-0.2, 0) is 14.8 Å². The monoisotopic (exact) mass is 488 g/mol. The first kappa shape index (κ1) is 21.9. The highest BCUT2D eigenvalue weighted by atomic mass is 79.9. The molecular formula is C22H21BrN2O4S. The molecule has 3 aromatic rings. The lowest BCUT2D eigenvalue weighted by Gasteiger charge is -2.19. The Bertz CT molecular complexity index is 1130. The van der Waals surface area contributed by atoms with Gasteiger partial charge in [-0.1, -0.05) is 24.3 Å². The van der Waals surface area contributed by atoms with Crippen molar-refractivity contribution in [1.82, 2.24) is 0 Å². The summed E-state index contributed by atoms with van der Waals surface area (Å²) in [5.41, 5.74) is 2.12. The van der Waals surface area contributed by atoms with Gasteiger partial charge in [-0.25, -0.2) is 8.42 Å². The van der Waals surface area contributed by atoms with Gasteiger partial charge in [0.05, 0.1) is 15.1 Å². The zero-order valence-corrected chi connectivity index (χ0v) is 18.9. The van der Waals surface area contributed by atoms with Gasteiger partial charge in [-0.3, -0.25) is 9.10 Å². The third-order valence-corrected chi connectivity index (χ3v) is 6.78. The third-order valence-electron chi connectivity index (χ3n) is 4.36. The summed E-state index contributed by atoms with van der Waals surface area (Å²) < 4.78 is 33.1. The molecule has 0 fully saturated rings. The van der Waals surface area contributed by atoms with Gasteiger partial charge in [-0.05, 0) is 76.9 Å². The first-order valence-corrected chi connectivity index (χ1v) is 11.3. The average Bonchev–Trinajstić information content (AvgIpc) is 2.73. The number of para-hydroxylation sites is 1. The highest BCUT2D eigenvalue weighted by Crippen LogP contribution is 2.26. The SMILES string of the molecule is Cc1ccc(OCC(=O)Nc2ccc(S(=O)(=O)N(C)c3ccccc3)cc2)c(Br)c1. The van der Waals surface area contributed by atoms with E-state index in [9.17, 15) is 13.2 Å². The molecule has 1 N–H and O–H groups in total. The number of halogens is 1. The van der Waals surface area contributed by atoms with Crippen LogP contribution in [-0.4, -0.2) is 28.0 Å². The Labute approximate surface area is 184 Å². The average molecular weight is 489 g/mol. The van der Waals surface area contributed by atoms with Crippen molar-refractivity contribution in [3.05, 3.63) is 82.8 Å². The normalized spacial score (nSPS) is 11.0. The molecule has 6 nitrogen and oxygen atoms in total. The maximum atomic E-state index is 12.8. The van der Waals surface area contributed by atoms with Crippen molar-refractivity contribution in [1.29, 1.82) is 0 Å². The maximum absolute atomic E-state index is 12.8. The minimum Gasteiger partial charge on any atom is -0.483 e. The lowest BCUT2D eigenvalue weighted by molar-refractivity contribution is -0.118. The van der Waals surface area contributed by atoms with Crippen LogP contribution in [0.25, 0.3) is 0 Å². The molecule has 0 aromatic heterocycles. The van der Waals surface area contributed by atoms with Gasteiger partial charge in [0.15, 0.2) is 6.61 Å². The first-order valence-electron chi connectivity index (χ1n) is 9.10. The molecule has 0 saturated carbocycles. The molecular weight excluding hydrogens is 468 g/mol. The third kappa shape index (κ3) is 5.20. The Balaban J connectivity index is 1.63. The van der Waals surface area contributed by atoms with E-state index in [1.165, 1.54) is 23.5 Å². The molecule has 0 spiro atoms. The zero-order chi connectivity index (χ0) is 21.7. The summed E-state index contributed by atoms with van der Waals surface area (Å²) in [4.78, 5) is 12.3. The predicted molar refractivity (Wildman–Crippen MR) is 121 cm³/mol. The number of benzene rings is 3. The molecule has 0 saturated heterocycles. The van der Waals surface area contributed by atoms with E-state index >= 15 is 0 Å². The number of carbonyl (C=O) groups is 1. The van der Waals surface area contributed by atoms with Gasteiger partial charge in [0, 0.05) is 12.7 Å². The molecule has 0 atom stereocenters. The van der Waals surface area contributed by atoms with Crippen molar-refractivity contribution in [3.63, 3.8) is 0 Å². The van der Waals surface area contributed by atoms with Gasteiger partial charge in [-0.2, -0.15) is 0 Å². The molecule has 0 unspecified atom stereocenters. The van der Waals surface area contributed by atoms with Crippen LogP contribution < -0.4 is 14.4 Å². The van der Waals surface area contributed by atoms with Crippen LogP contribution in [0.5, 0.6) is 5.75 Å². The van der Waals surface area contributed by atoms with Crippen LogP contribution in [0, 0.1) is 6.92 Å². The van der Waals surface area contributed by atoms with Crippen molar-refractivity contribution < 1.29 is 17.9 Å². The predicted octanol–water partition coefficient (Wildman–Crippen LogP) is 4.60. The van der Waals surface area contributed by atoms with Crippen molar-refractivity contribution in [2.45, 2.75) is 11.8 Å². The molecule has 0 aliphatic heterocycles. The highest BCUT2D eigenvalue weighted by molar-refractivity contribution is 9.10. The fourth-order valence-electron chi connectivity index (χ4n) is 2.71. The quantitative estimate of drug-likeness (QED) is 0.527. The lowest BCUT2D eigenvalue weighted by Crippen LogP contribution is -2.26. The topological polar surface area (TPSA) is 75.7 Å². The maximum Gasteiger partial charge on any atom is 0.264 e. The Hall–Kier alpha value is -2.84. The molecule has 3 rings (SSSR count). The molecule has 1 amide bonds. The Morgan fingerprint density at radius 3 is 2.33 bits per heavy atom. The zero-order valence-electron chi connectivity index (χ0n) is 16.5. The molecule has 0 bridgehead atoms. The number of rotatable bonds is 7. The second kappa shape index (κ2) is 9.32. The van der Waals surface area contributed by atoms with Crippen LogP contribution in [0.3, 0.4) is 0 Å². The van der Waals surface area contributed by atoms with Gasteiger partial charge in [-0.15, -0.1) is 0 Å². The van der Waals surface area contributed by atoms with Crippen LogP contribution in [0.4, 0.5) is 11.4 Å². The fourth-order valence-corrected chi connectivity index (χ4v) is 4.51. The number of anilines is 2. The van der Waals surface area contributed by atoms with Crippen molar-refractivity contribution in [2.75, 3.05) is 23.3 Å². The van der Waals surface area contributed by atoms with E-state index in [2.05, 4.69) is 21.2 Å². The number of amides is 1. The number of carbonyl (C=O) groups excluding carboxylic acids is 1. The summed E-state index contributed by atoms with van der Waals surface area (Å²) in [5, 5.41) is 2.69. The Kier molecular flexibility index (Phi) is 6.79. The van der Waals surface area contributed by atoms with Crippen molar-refractivity contribution in [2.24, 2.45) is 0 Å². The first-order chi connectivity index (χ1) is 14.3. The lowest BCUT2D eigenvalue weighted by atomic mass is 10.2. The number of aryl methyl sites for hydroxylation is 1. The van der Waals surface area contributed by atoms with E-state index < -0.39 is 10.0 Å². The Morgan fingerprint density at radius 1 is 1.03 bits per heavy atom. The largest absolute Gasteiger partial charge is 0.483 e. The molecule has 8 heteroatoms. The number of hydrogen-bond donors (Lipinski definition) is 1. The Morgan fingerprint density at radius 2 is 1.70 bits per heavy atom. The molecule has 0 aliphatic rings. The summed E-state index contributed by atoms with van der Waals surface area (Å²) in [6.45, 7) is 1.79. The summed E-state index contributed by atoms with van der Waals surface area (Å²) >= 11 is 3.40. The van der Waals surface area contributed by atoms with Crippen molar-refractivity contribution >= 4 is 43.2 Å². The number of ether oxygens (including phenoxy) is 1. The van der Waals surface area contributed by atoms with E-state index in [1.54, 1.807) is 42.5 Å². The smallest absolute Gasteiger partial charge is 0.264 e. The van der Waals surface area contributed by atoms with E-state index in [0.29, 0.717) is 17.1 Å². The van der Waals surface area contributed by atoms with Gasteiger partial charge in [0.25, 0.3) is 15.9 Å². The van der Waals surface area contributed by atoms with Crippen LogP contribution >= 0.6 is 15.9 Å². The molecule has 3 aromatic carbocycles. The second-order valence-corrected chi connectivity index (χ2v) is 9.43. The molecule has 30 heavy (non-hydrogen) atoms. The second-order valence-electron chi connectivity index (χ2n) is 6.60. The van der Waals surface area contributed by atoms with Crippen LogP contribution in [0.1, 0.15) is 5.56 Å². The van der Waals surface area contributed by atoms with Gasteiger partial charge in [0.1, 0.15) is 5.75 Å². The molecule has 0 radical (unpaired) electrons. The van der Waals surface area contributed by atoms with Crippen LogP contribution in [0.15, 0.2) is 82.2 Å². The minimum atomic E-state index is -3.70. The van der Waals surface area contributed by atoms with Crippen molar-refractivity contribution in [3.8, 4) is 5.75 Å². The number of hydrogen-bond acceptors (Lipinski definition) is 4. The van der Waals surface area contributed by atoms with E-state index in [4.69, 9.17) is 4.74 Å². The minimum absolute atomic E-state index is 0.131. The van der Waals surface area contributed by atoms with Gasteiger partial charge < -0.3 is 10.1 Å². The number of sulfonamides is 1.